The van der Waals surface area contributed by atoms with E-state index in [9.17, 15) is 27.2 Å². The molecule has 30 heavy (non-hydrogen) atoms. The average Bonchev–Trinajstić information content (AvgIpc) is 3.15. The van der Waals surface area contributed by atoms with Crippen molar-refractivity contribution in [2.45, 2.75) is 32.0 Å². The number of hydrogen-bond acceptors (Lipinski definition) is 5. The summed E-state index contributed by atoms with van der Waals surface area (Å²) in [4.78, 5) is 33.0. The number of alkyl halides is 3. The van der Waals surface area contributed by atoms with Gasteiger partial charge in [0.2, 0.25) is 5.91 Å². The standard InChI is InChI=1S/C19H19F4N5O2/c1-2-16(29)27-15-7-11(3-5-24-15)18(30)26-13-4-6-28(10-13)17-14(20)8-12(9-25-17)19(21,22)23/h3,5,7-9,13H,2,4,6,10H2,1H3,(H,26,30)(H,24,27,29). The summed E-state index contributed by atoms with van der Waals surface area (Å²) >= 11 is 0. The Kier molecular flexibility index (Phi) is 6.18. The fourth-order valence-corrected chi connectivity index (χ4v) is 3.03. The van der Waals surface area contributed by atoms with Gasteiger partial charge in [-0.2, -0.15) is 13.2 Å². The van der Waals surface area contributed by atoms with Gasteiger partial charge in [0.1, 0.15) is 5.82 Å². The molecule has 2 aromatic heterocycles. The highest BCUT2D eigenvalue weighted by molar-refractivity contribution is 5.96. The van der Waals surface area contributed by atoms with E-state index in [0.717, 1.165) is 0 Å². The Morgan fingerprint density at radius 3 is 2.70 bits per heavy atom. The van der Waals surface area contributed by atoms with Gasteiger partial charge in [-0.3, -0.25) is 9.59 Å². The molecule has 0 aromatic carbocycles. The summed E-state index contributed by atoms with van der Waals surface area (Å²) in [7, 11) is 0. The van der Waals surface area contributed by atoms with Crippen LogP contribution in [0.15, 0.2) is 30.6 Å². The van der Waals surface area contributed by atoms with Crippen molar-refractivity contribution in [2.75, 3.05) is 23.3 Å². The van der Waals surface area contributed by atoms with Gasteiger partial charge in [0.05, 0.1) is 5.56 Å². The van der Waals surface area contributed by atoms with Crippen LogP contribution in [0.25, 0.3) is 0 Å². The van der Waals surface area contributed by atoms with Crippen molar-refractivity contribution in [3.63, 3.8) is 0 Å². The molecule has 11 heteroatoms. The van der Waals surface area contributed by atoms with Gasteiger partial charge in [0, 0.05) is 43.5 Å². The van der Waals surface area contributed by atoms with Crippen LogP contribution < -0.4 is 15.5 Å². The Morgan fingerprint density at radius 2 is 2.03 bits per heavy atom. The topological polar surface area (TPSA) is 87.2 Å². The molecule has 0 radical (unpaired) electrons. The van der Waals surface area contributed by atoms with E-state index in [2.05, 4.69) is 20.6 Å². The van der Waals surface area contributed by atoms with E-state index in [-0.39, 0.29) is 42.1 Å². The summed E-state index contributed by atoms with van der Waals surface area (Å²) in [5.41, 5.74) is -0.870. The first-order chi connectivity index (χ1) is 14.2. The summed E-state index contributed by atoms with van der Waals surface area (Å²) in [6.45, 7) is 2.21. The van der Waals surface area contributed by atoms with E-state index >= 15 is 0 Å². The Labute approximate surface area is 169 Å². The van der Waals surface area contributed by atoms with Gasteiger partial charge in [0.25, 0.3) is 5.91 Å². The van der Waals surface area contributed by atoms with Crippen LogP contribution in [0, 0.1) is 5.82 Å². The van der Waals surface area contributed by atoms with E-state index in [1.54, 1.807) is 6.92 Å². The number of nitrogens with one attached hydrogen (secondary N) is 2. The molecule has 1 atom stereocenters. The average molecular weight is 425 g/mol. The predicted molar refractivity (Wildman–Crippen MR) is 100 cm³/mol. The number of pyridine rings is 2. The zero-order valence-electron chi connectivity index (χ0n) is 16.0. The third-order valence-corrected chi connectivity index (χ3v) is 4.58. The molecule has 2 amide bonds. The second-order valence-electron chi connectivity index (χ2n) is 6.76. The van der Waals surface area contributed by atoms with Crippen molar-refractivity contribution in [1.29, 1.82) is 0 Å². The molecule has 1 unspecified atom stereocenters. The van der Waals surface area contributed by atoms with Gasteiger partial charge < -0.3 is 15.5 Å². The number of anilines is 2. The monoisotopic (exact) mass is 425 g/mol. The molecule has 0 spiro atoms. The molecule has 2 N–H and O–H groups in total. The van der Waals surface area contributed by atoms with Gasteiger partial charge in [-0.1, -0.05) is 6.92 Å². The minimum atomic E-state index is -4.67. The molecular weight excluding hydrogens is 406 g/mol. The summed E-state index contributed by atoms with van der Waals surface area (Å²) < 4.78 is 52.1. The minimum absolute atomic E-state index is 0.187. The number of carbonyl (C=O) groups excluding carboxylic acids is 2. The van der Waals surface area contributed by atoms with Crippen molar-refractivity contribution in [3.05, 3.63) is 47.5 Å². The third kappa shape index (κ3) is 5.02. The lowest BCUT2D eigenvalue weighted by Crippen LogP contribution is -2.37. The Balaban J connectivity index is 1.63. The molecule has 3 rings (SSSR count). The summed E-state index contributed by atoms with van der Waals surface area (Å²) in [5.74, 6) is -1.65. The van der Waals surface area contributed by atoms with Gasteiger partial charge in [-0.25, -0.2) is 14.4 Å². The molecule has 7 nitrogen and oxygen atoms in total. The zero-order chi connectivity index (χ0) is 21.9. The number of aromatic nitrogens is 2. The van der Waals surface area contributed by atoms with Crippen LogP contribution in [-0.4, -0.2) is 40.9 Å². The van der Waals surface area contributed by atoms with E-state index in [1.165, 1.54) is 23.2 Å². The van der Waals surface area contributed by atoms with Crippen LogP contribution in [0.3, 0.4) is 0 Å². The molecule has 3 heterocycles. The van der Waals surface area contributed by atoms with Crippen LogP contribution in [-0.2, 0) is 11.0 Å². The number of hydrogen-bond donors (Lipinski definition) is 2. The van der Waals surface area contributed by atoms with Crippen LogP contribution in [0.1, 0.15) is 35.7 Å². The number of nitrogens with zero attached hydrogens (tertiary/aromatic N) is 3. The molecule has 0 saturated carbocycles. The van der Waals surface area contributed by atoms with Gasteiger partial charge in [0.15, 0.2) is 11.6 Å². The van der Waals surface area contributed by atoms with E-state index in [0.29, 0.717) is 25.2 Å². The molecule has 1 aliphatic rings. The summed E-state index contributed by atoms with van der Waals surface area (Å²) in [6.07, 6.45) is -1.95. The number of carbonyl (C=O) groups is 2. The fraction of sp³-hybridized carbons (Fsp3) is 0.368. The first-order valence-corrected chi connectivity index (χ1v) is 9.22. The SMILES string of the molecule is CCC(=O)Nc1cc(C(=O)NC2CCN(c3ncc(C(F)(F)F)cc3F)C2)ccn1. The molecule has 160 valence electrons. The molecule has 2 aromatic rings. The first kappa shape index (κ1) is 21.5. The Hall–Kier alpha value is -3.24. The van der Waals surface area contributed by atoms with Crippen LogP contribution in [0.5, 0.6) is 0 Å². The zero-order valence-corrected chi connectivity index (χ0v) is 16.0. The van der Waals surface area contributed by atoms with Crippen molar-refractivity contribution < 1.29 is 27.2 Å². The normalized spacial score (nSPS) is 16.4. The maximum Gasteiger partial charge on any atom is 0.417 e. The Morgan fingerprint density at radius 1 is 1.27 bits per heavy atom. The lowest BCUT2D eigenvalue weighted by Gasteiger charge is -2.19. The molecule has 0 aliphatic carbocycles. The smallest absolute Gasteiger partial charge is 0.352 e. The maximum atomic E-state index is 14.1. The molecular formula is C19H19F4N5O2. The van der Waals surface area contributed by atoms with Crippen LogP contribution in [0.2, 0.25) is 0 Å². The van der Waals surface area contributed by atoms with E-state index < -0.39 is 23.5 Å². The Bertz CT molecular complexity index is 951. The van der Waals surface area contributed by atoms with Crippen molar-refractivity contribution in [2.24, 2.45) is 0 Å². The van der Waals surface area contributed by atoms with E-state index in [1.807, 2.05) is 0 Å². The second kappa shape index (κ2) is 8.64. The highest BCUT2D eigenvalue weighted by atomic mass is 19.4. The number of rotatable bonds is 5. The highest BCUT2D eigenvalue weighted by Gasteiger charge is 2.33. The van der Waals surface area contributed by atoms with E-state index in [4.69, 9.17) is 0 Å². The molecule has 1 saturated heterocycles. The maximum absolute atomic E-state index is 14.1. The summed E-state index contributed by atoms with van der Waals surface area (Å²) in [6, 6.07) is 2.99. The lowest BCUT2D eigenvalue weighted by molar-refractivity contribution is -0.138. The van der Waals surface area contributed by atoms with Crippen molar-refractivity contribution >= 4 is 23.5 Å². The number of halogens is 4. The third-order valence-electron chi connectivity index (χ3n) is 4.58. The number of amides is 2. The van der Waals surface area contributed by atoms with Gasteiger partial charge in [-0.15, -0.1) is 0 Å². The highest BCUT2D eigenvalue weighted by Crippen LogP contribution is 2.31. The largest absolute Gasteiger partial charge is 0.417 e. The fourth-order valence-electron chi connectivity index (χ4n) is 3.03. The van der Waals surface area contributed by atoms with Crippen molar-refractivity contribution in [1.82, 2.24) is 15.3 Å². The van der Waals surface area contributed by atoms with Crippen molar-refractivity contribution in [3.8, 4) is 0 Å². The van der Waals surface area contributed by atoms with Crippen LogP contribution >= 0.6 is 0 Å². The van der Waals surface area contributed by atoms with Gasteiger partial charge >= 0.3 is 6.18 Å². The molecule has 1 fully saturated rings. The predicted octanol–water partition coefficient (Wildman–Crippen LogP) is 2.99. The molecule has 1 aliphatic heterocycles. The lowest BCUT2D eigenvalue weighted by atomic mass is 10.2. The second-order valence-corrected chi connectivity index (χ2v) is 6.76. The molecule has 0 bridgehead atoms. The van der Waals surface area contributed by atoms with Crippen LogP contribution in [0.4, 0.5) is 29.2 Å². The van der Waals surface area contributed by atoms with Gasteiger partial charge in [-0.05, 0) is 24.6 Å². The quantitative estimate of drug-likeness (QED) is 0.720. The first-order valence-electron chi connectivity index (χ1n) is 9.22. The summed E-state index contributed by atoms with van der Waals surface area (Å²) in [5, 5.41) is 5.36. The minimum Gasteiger partial charge on any atom is -0.352 e.